The Kier molecular flexibility index (Phi) is 5.37. The van der Waals surface area contributed by atoms with Gasteiger partial charge in [0.15, 0.2) is 0 Å². The molecule has 0 spiro atoms. The first-order valence-electron chi connectivity index (χ1n) is 8.35. The summed E-state index contributed by atoms with van der Waals surface area (Å²) in [4.78, 5) is 0.236. The number of rotatable bonds is 6. The van der Waals surface area contributed by atoms with E-state index in [-0.39, 0.29) is 10.3 Å². The predicted molar refractivity (Wildman–Crippen MR) is 99.8 cm³/mol. The lowest BCUT2D eigenvalue weighted by atomic mass is 9.79. The molecule has 0 aromatic heterocycles. The number of ether oxygens (including phenoxy) is 1. The number of hydrogen-bond acceptors (Lipinski definition) is 3. The number of sulfonamides is 1. The SMILES string of the molecule is COc1ccc(C2(CNS(=O)(=O)c3ccc(Cl)cc3)CCCC2)cc1. The Bertz CT molecular complexity index is 811. The van der Waals surface area contributed by atoms with Gasteiger partial charge in [-0.25, -0.2) is 13.1 Å². The van der Waals surface area contributed by atoms with Crippen LogP contribution < -0.4 is 9.46 Å². The molecule has 0 saturated heterocycles. The Hall–Kier alpha value is -1.56. The number of methoxy groups -OCH3 is 1. The molecule has 25 heavy (non-hydrogen) atoms. The van der Waals surface area contributed by atoms with Crippen LogP contribution in [0.2, 0.25) is 5.02 Å². The zero-order valence-corrected chi connectivity index (χ0v) is 15.7. The van der Waals surface area contributed by atoms with Crippen LogP contribution in [0.3, 0.4) is 0 Å². The van der Waals surface area contributed by atoms with Crippen LogP contribution in [0.1, 0.15) is 31.2 Å². The molecule has 2 aromatic carbocycles. The molecule has 0 atom stereocenters. The van der Waals surface area contributed by atoms with E-state index in [4.69, 9.17) is 16.3 Å². The quantitative estimate of drug-likeness (QED) is 0.820. The van der Waals surface area contributed by atoms with Crippen LogP contribution in [0.4, 0.5) is 0 Å². The van der Waals surface area contributed by atoms with Crippen molar-refractivity contribution in [3.05, 3.63) is 59.1 Å². The van der Waals surface area contributed by atoms with Gasteiger partial charge >= 0.3 is 0 Å². The lowest BCUT2D eigenvalue weighted by Gasteiger charge is -2.30. The summed E-state index contributed by atoms with van der Waals surface area (Å²) in [6.45, 7) is 0.393. The molecular weight excluding hydrogens is 358 g/mol. The van der Waals surface area contributed by atoms with Gasteiger partial charge in [-0.15, -0.1) is 0 Å². The molecule has 0 amide bonds. The van der Waals surface area contributed by atoms with E-state index in [2.05, 4.69) is 4.72 Å². The van der Waals surface area contributed by atoms with Crippen LogP contribution in [-0.2, 0) is 15.4 Å². The molecular formula is C19H22ClNO3S. The van der Waals surface area contributed by atoms with Gasteiger partial charge in [-0.1, -0.05) is 36.6 Å². The number of nitrogens with one attached hydrogen (secondary N) is 1. The van der Waals surface area contributed by atoms with Gasteiger partial charge < -0.3 is 4.74 Å². The van der Waals surface area contributed by atoms with Crippen LogP contribution in [0.25, 0.3) is 0 Å². The molecule has 1 fully saturated rings. The Morgan fingerprint density at radius 1 is 1.04 bits per heavy atom. The Morgan fingerprint density at radius 2 is 1.64 bits per heavy atom. The number of halogens is 1. The van der Waals surface area contributed by atoms with Gasteiger partial charge in [0.2, 0.25) is 10.0 Å². The standard InChI is InChI=1S/C19H22ClNO3S/c1-24-17-8-4-15(5-9-17)19(12-2-3-13-19)14-21-25(22,23)18-10-6-16(20)7-11-18/h4-11,21H,2-3,12-14H2,1H3. The highest BCUT2D eigenvalue weighted by atomic mass is 35.5. The van der Waals surface area contributed by atoms with Crippen molar-refractivity contribution >= 4 is 21.6 Å². The van der Waals surface area contributed by atoms with Gasteiger partial charge in [0.25, 0.3) is 0 Å². The summed E-state index contributed by atoms with van der Waals surface area (Å²) in [7, 11) is -1.92. The molecule has 0 aliphatic heterocycles. The van der Waals surface area contributed by atoms with E-state index in [1.54, 1.807) is 19.2 Å². The summed E-state index contributed by atoms with van der Waals surface area (Å²) < 4.78 is 33.2. The molecule has 6 heteroatoms. The summed E-state index contributed by atoms with van der Waals surface area (Å²) in [5, 5.41) is 0.518. The van der Waals surface area contributed by atoms with Gasteiger partial charge in [0, 0.05) is 17.0 Å². The summed E-state index contributed by atoms with van der Waals surface area (Å²) in [6, 6.07) is 14.2. The third-order valence-corrected chi connectivity index (χ3v) is 6.66. The second-order valence-electron chi connectivity index (χ2n) is 6.49. The molecule has 2 aromatic rings. The van der Waals surface area contributed by atoms with Crippen LogP contribution in [0.15, 0.2) is 53.4 Å². The van der Waals surface area contributed by atoms with E-state index < -0.39 is 10.0 Å². The average molecular weight is 380 g/mol. The van der Waals surface area contributed by atoms with Crippen molar-refractivity contribution in [3.63, 3.8) is 0 Å². The second kappa shape index (κ2) is 7.36. The van der Waals surface area contributed by atoms with Crippen molar-refractivity contribution in [2.45, 2.75) is 36.0 Å². The normalized spacial score (nSPS) is 16.7. The monoisotopic (exact) mass is 379 g/mol. The third-order valence-electron chi connectivity index (χ3n) is 4.99. The van der Waals surface area contributed by atoms with Gasteiger partial charge in [0.1, 0.15) is 5.75 Å². The van der Waals surface area contributed by atoms with Gasteiger partial charge in [-0.3, -0.25) is 0 Å². The zero-order valence-electron chi connectivity index (χ0n) is 14.2. The summed E-state index contributed by atoms with van der Waals surface area (Å²) in [5.74, 6) is 0.804. The Balaban J connectivity index is 1.81. The highest BCUT2D eigenvalue weighted by Gasteiger charge is 2.36. The van der Waals surface area contributed by atoms with Crippen molar-refractivity contribution in [1.82, 2.24) is 4.72 Å². The lowest BCUT2D eigenvalue weighted by molar-refractivity contribution is 0.410. The Labute approximate surface area is 154 Å². The molecule has 0 unspecified atom stereocenters. The second-order valence-corrected chi connectivity index (χ2v) is 8.70. The fourth-order valence-electron chi connectivity index (χ4n) is 3.49. The smallest absolute Gasteiger partial charge is 0.240 e. The minimum atomic E-state index is -3.56. The summed E-state index contributed by atoms with van der Waals surface area (Å²) in [6.07, 6.45) is 4.16. The highest BCUT2D eigenvalue weighted by molar-refractivity contribution is 7.89. The number of hydrogen-bond donors (Lipinski definition) is 1. The van der Waals surface area contributed by atoms with E-state index in [1.807, 2.05) is 24.3 Å². The molecule has 0 radical (unpaired) electrons. The van der Waals surface area contributed by atoms with Gasteiger partial charge in [-0.05, 0) is 54.8 Å². The predicted octanol–water partition coefficient (Wildman–Crippen LogP) is 4.14. The van der Waals surface area contributed by atoms with Crippen molar-refractivity contribution in [2.24, 2.45) is 0 Å². The van der Waals surface area contributed by atoms with E-state index in [0.29, 0.717) is 11.6 Å². The van der Waals surface area contributed by atoms with Crippen LogP contribution in [0, 0.1) is 0 Å². The van der Waals surface area contributed by atoms with Crippen molar-refractivity contribution < 1.29 is 13.2 Å². The first kappa shape index (κ1) is 18.2. The molecule has 1 aliphatic rings. The van der Waals surface area contributed by atoms with Crippen molar-refractivity contribution in [2.75, 3.05) is 13.7 Å². The van der Waals surface area contributed by atoms with E-state index in [9.17, 15) is 8.42 Å². The zero-order chi connectivity index (χ0) is 17.9. The molecule has 134 valence electrons. The maximum Gasteiger partial charge on any atom is 0.240 e. The van der Waals surface area contributed by atoms with Gasteiger partial charge in [0.05, 0.1) is 12.0 Å². The topological polar surface area (TPSA) is 55.4 Å². The fraction of sp³-hybridized carbons (Fsp3) is 0.368. The maximum atomic E-state index is 12.6. The average Bonchev–Trinajstić information content (AvgIpc) is 3.11. The lowest BCUT2D eigenvalue weighted by Crippen LogP contribution is -2.39. The van der Waals surface area contributed by atoms with E-state index >= 15 is 0 Å². The largest absolute Gasteiger partial charge is 0.497 e. The third kappa shape index (κ3) is 4.00. The maximum absolute atomic E-state index is 12.6. The van der Waals surface area contributed by atoms with Crippen LogP contribution >= 0.6 is 11.6 Å². The molecule has 0 heterocycles. The molecule has 1 saturated carbocycles. The van der Waals surface area contributed by atoms with Crippen molar-refractivity contribution in [3.8, 4) is 5.75 Å². The van der Waals surface area contributed by atoms with E-state index in [1.165, 1.54) is 12.1 Å². The van der Waals surface area contributed by atoms with Gasteiger partial charge in [-0.2, -0.15) is 0 Å². The highest BCUT2D eigenvalue weighted by Crippen LogP contribution is 2.41. The molecule has 1 aliphatic carbocycles. The summed E-state index contributed by atoms with van der Waals surface area (Å²) in [5.41, 5.74) is 0.996. The molecule has 0 bridgehead atoms. The van der Waals surface area contributed by atoms with Crippen LogP contribution in [-0.4, -0.2) is 22.1 Å². The molecule has 1 N–H and O–H groups in total. The first-order valence-corrected chi connectivity index (χ1v) is 10.2. The minimum Gasteiger partial charge on any atom is -0.497 e. The minimum absolute atomic E-state index is 0.161. The molecule has 3 rings (SSSR count). The summed E-state index contributed by atoms with van der Waals surface area (Å²) >= 11 is 5.84. The van der Waals surface area contributed by atoms with Crippen LogP contribution in [0.5, 0.6) is 5.75 Å². The fourth-order valence-corrected chi connectivity index (χ4v) is 4.75. The first-order chi connectivity index (χ1) is 12.0. The number of benzene rings is 2. The Morgan fingerprint density at radius 3 is 2.20 bits per heavy atom. The van der Waals surface area contributed by atoms with Crippen molar-refractivity contribution in [1.29, 1.82) is 0 Å². The van der Waals surface area contributed by atoms with E-state index in [0.717, 1.165) is 37.0 Å². The molecule has 4 nitrogen and oxygen atoms in total.